The molecule has 0 spiro atoms. The Labute approximate surface area is 76.5 Å². The summed E-state index contributed by atoms with van der Waals surface area (Å²) in [6.45, 7) is 4.33. The fourth-order valence-electron chi connectivity index (χ4n) is 1.18. The molecule has 0 unspecified atom stereocenters. The Morgan fingerprint density at radius 3 is 2.92 bits per heavy atom. The lowest BCUT2D eigenvalue weighted by Gasteiger charge is -2.26. The molecule has 0 radical (unpaired) electrons. The molecule has 13 heavy (non-hydrogen) atoms. The third kappa shape index (κ3) is 2.26. The van der Waals surface area contributed by atoms with Gasteiger partial charge in [-0.15, -0.1) is 0 Å². The molecule has 1 saturated heterocycles. The van der Waals surface area contributed by atoms with Crippen LogP contribution in [0.4, 0.5) is 0 Å². The van der Waals surface area contributed by atoms with E-state index in [1.165, 1.54) is 0 Å². The first-order valence-corrected chi connectivity index (χ1v) is 4.45. The number of aromatic nitrogens is 2. The molecule has 1 aliphatic heterocycles. The summed E-state index contributed by atoms with van der Waals surface area (Å²) < 4.78 is 9.99. The highest BCUT2D eigenvalue weighted by molar-refractivity contribution is 4.84. The lowest BCUT2D eigenvalue weighted by Crippen LogP contribution is -2.46. The van der Waals surface area contributed by atoms with E-state index in [9.17, 15) is 0 Å². The first-order valence-electron chi connectivity index (χ1n) is 4.45. The molecule has 0 saturated carbocycles. The molecule has 0 bridgehead atoms. The van der Waals surface area contributed by atoms with Gasteiger partial charge in [0.05, 0.1) is 19.3 Å². The van der Waals surface area contributed by atoms with Crippen molar-refractivity contribution in [3.05, 3.63) is 11.7 Å². The minimum absolute atomic E-state index is 0.518. The van der Waals surface area contributed by atoms with Crippen LogP contribution in [-0.2, 0) is 11.2 Å². The average molecular weight is 183 g/mol. The Kier molecular flexibility index (Phi) is 2.56. The van der Waals surface area contributed by atoms with Crippen molar-refractivity contribution < 1.29 is 9.26 Å². The third-order valence-corrected chi connectivity index (χ3v) is 1.98. The zero-order chi connectivity index (χ0) is 9.10. The van der Waals surface area contributed by atoms with Crippen molar-refractivity contribution in [2.45, 2.75) is 19.4 Å². The van der Waals surface area contributed by atoms with Crippen LogP contribution in [0, 0.1) is 6.92 Å². The fraction of sp³-hybridized carbons (Fsp3) is 0.750. The van der Waals surface area contributed by atoms with Gasteiger partial charge >= 0.3 is 0 Å². The van der Waals surface area contributed by atoms with Crippen molar-refractivity contribution >= 4 is 0 Å². The second-order valence-corrected chi connectivity index (χ2v) is 3.17. The van der Waals surface area contributed by atoms with E-state index in [1.807, 2.05) is 6.92 Å². The van der Waals surface area contributed by atoms with Gasteiger partial charge in [-0.25, -0.2) is 0 Å². The summed E-state index contributed by atoms with van der Waals surface area (Å²) in [6, 6.07) is 0.518. The van der Waals surface area contributed by atoms with Crippen molar-refractivity contribution in [3.8, 4) is 0 Å². The van der Waals surface area contributed by atoms with Gasteiger partial charge in [-0.05, 0) is 6.92 Å². The molecule has 0 amide bonds. The van der Waals surface area contributed by atoms with Gasteiger partial charge in [0.2, 0.25) is 5.89 Å². The van der Waals surface area contributed by atoms with E-state index < -0.39 is 0 Å². The molecular weight excluding hydrogens is 170 g/mol. The summed E-state index contributed by atoms with van der Waals surface area (Å²) in [7, 11) is 0. The highest BCUT2D eigenvalue weighted by Crippen LogP contribution is 2.00. The van der Waals surface area contributed by atoms with E-state index in [0.717, 1.165) is 26.2 Å². The maximum atomic E-state index is 5.03. The molecule has 0 atom stereocenters. The van der Waals surface area contributed by atoms with Gasteiger partial charge < -0.3 is 14.6 Å². The Bertz CT molecular complexity index is 270. The summed E-state index contributed by atoms with van der Waals surface area (Å²) in [4.78, 5) is 4.10. The van der Waals surface area contributed by atoms with E-state index in [0.29, 0.717) is 17.8 Å². The summed E-state index contributed by atoms with van der Waals surface area (Å²) in [5, 5.41) is 7.03. The van der Waals surface area contributed by atoms with Gasteiger partial charge in [-0.1, -0.05) is 5.16 Å². The number of aryl methyl sites for hydroxylation is 1. The molecule has 5 nitrogen and oxygen atoms in total. The SMILES string of the molecule is Cc1noc(CCNC2COC2)n1. The summed E-state index contributed by atoms with van der Waals surface area (Å²) in [6.07, 6.45) is 0.789. The van der Waals surface area contributed by atoms with Gasteiger partial charge in [0, 0.05) is 13.0 Å². The predicted octanol–water partition coefficient (Wildman–Crippen LogP) is -0.0911. The smallest absolute Gasteiger partial charge is 0.227 e. The van der Waals surface area contributed by atoms with E-state index in [-0.39, 0.29) is 0 Å². The van der Waals surface area contributed by atoms with Crippen LogP contribution in [-0.4, -0.2) is 35.9 Å². The van der Waals surface area contributed by atoms with Gasteiger partial charge in [0.25, 0.3) is 0 Å². The van der Waals surface area contributed by atoms with Crippen molar-refractivity contribution in [1.82, 2.24) is 15.5 Å². The largest absolute Gasteiger partial charge is 0.378 e. The van der Waals surface area contributed by atoms with E-state index in [1.54, 1.807) is 0 Å². The number of ether oxygens (including phenoxy) is 1. The van der Waals surface area contributed by atoms with E-state index in [4.69, 9.17) is 9.26 Å². The Balaban J connectivity index is 1.67. The Hall–Kier alpha value is -0.940. The standard InChI is InChI=1S/C8H13N3O2/c1-6-10-8(13-11-6)2-3-9-7-4-12-5-7/h7,9H,2-5H2,1H3. The monoisotopic (exact) mass is 183 g/mol. The first kappa shape index (κ1) is 8.65. The molecule has 1 fully saturated rings. The second-order valence-electron chi connectivity index (χ2n) is 3.17. The van der Waals surface area contributed by atoms with Gasteiger partial charge in [0.1, 0.15) is 0 Å². The van der Waals surface area contributed by atoms with Crippen LogP contribution in [0.15, 0.2) is 4.52 Å². The van der Waals surface area contributed by atoms with Crippen LogP contribution in [0.2, 0.25) is 0 Å². The van der Waals surface area contributed by atoms with E-state index in [2.05, 4.69) is 15.5 Å². The number of rotatable bonds is 4. The number of hydrogen-bond acceptors (Lipinski definition) is 5. The Morgan fingerprint density at radius 2 is 2.38 bits per heavy atom. The van der Waals surface area contributed by atoms with Crippen LogP contribution in [0.3, 0.4) is 0 Å². The van der Waals surface area contributed by atoms with Crippen molar-refractivity contribution in [2.75, 3.05) is 19.8 Å². The van der Waals surface area contributed by atoms with Crippen LogP contribution < -0.4 is 5.32 Å². The average Bonchev–Trinajstić information content (AvgIpc) is 2.42. The zero-order valence-corrected chi connectivity index (χ0v) is 7.62. The van der Waals surface area contributed by atoms with Gasteiger partial charge in [-0.3, -0.25) is 0 Å². The number of hydrogen-bond donors (Lipinski definition) is 1. The topological polar surface area (TPSA) is 60.2 Å². The lowest BCUT2D eigenvalue weighted by atomic mass is 10.2. The van der Waals surface area contributed by atoms with E-state index >= 15 is 0 Å². The molecule has 1 aromatic heterocycles. The molecular formula is C8H13N3O2. The molecule has 1 aromatic rings. The minimum atomic E-state index is 0.518. The van der Waals surface area contributed by atoms with Crippen LogP contribution in [0.1, 0.15) is 11.7 Å². The summed E-state index contributed by atoms with van der Waals surface area (Å²) in [5.41, 5.74) is 0. The van der Waals surface area contributed by atoms with Crippen LogP contribution in [0.25, 0.3) is 0 Å². The molecule has 2 rings (SSSR count). The summed E-state index contributed by atoms with van der Waals surface area (Å²) >= 11 is 0. The fourth-order valence-corrected chi connectivity index (χ4v) is 1.18. The highest BCUT2D eigenvalue weighted by Gasteiger charge is 2.16. The maximum Gasteiger partial charge on any atom is 0.227 e. The third-order valence-electron chi connectivity index (χ3n) is 1.98. The van der Waals surface area contributed by atoms with Crippen LogP contribution >= 0.6 is 0 Å². The second kappa shape index (κ2) is 3.85. The lowest BCUT2D eigenvalue weighted by molar-refractivity contribution is -0.00485. The van der Waals surface area contributed by atoms with Crippen molar-refractivity contribution in [1.29, 1.82) is 0 Å². The first-order chi connectivity index (χ1) is 6.34. The molecule has 0 aliphatic carbocycles. The molecule has 1 N–H and O–H groups in total. The van der Waals surface area contributed by atoms with Crippen LogP contribution in [0.5, 0.6) is 0 Å². The summed E-state index contributed by atoms with van der Waals surface area (Å²) in [5.74, 6) is 1.40. The number of nitrogens with zero attached hydrogens (tertiary/aromatic N) is 2. The van der Waals surface area contributed by atoms with Crippen molar-refractivity contribution in [3.63, 3.8) is 0 Å². The highest BCUT2D eigenvalue weighted by atomic mass is 16.5. The van der Waals surface area contributed by atoms with Crippen molar-refractivity contribution in [2.24, 2.45) is 0 Å². The maximum absolute atomic E-state index is 5.03. The quantitative estimate of drug-likeness (QED) is 0.706. The molecule has 72 valence electrons. The van der Waals surface area contributed by atoms with Gasteiger partial charge in [-0.2, -0.15) is 4.98 Å². The molecule has 5 heteroatoms. The predicted molar refractivity (Wildman–Crippen MR) is 45.3 cm³/mol. The molecule has 2 heterocycles. The number of nitrogens with one attached hydrogen (secondary N) is 1. The zero-order valence-electron chi connectivity index (χ0n) is 7.62. The van der Waals surface area contributed by atoms with Gasteiger partial charge in [0.15, 0.2) is 5.82 Å². The minimum Gasteiger partial charge on any atom is -0.378 e. The normalized spacial score (nSPS) is 17.3. The molecule has 1 aliphatic rings. The molecule has 0 aromatic carbocycles. The Morgan fingerprint density at radius 1 is 1.54 bits per heavy atom.